The van der Waals surface area contributed by atoms with Crippen LogP contribution in [0.3, 0.4) is 0 Å². The van der Waals surface area contributed by atoms with Crippen LogP contribution in [-0.2, 0) is 4.79 Å². The Morgan fingerprint density at radius 3 is 2.50 bits per heavy atom. The number of rotatable bonds is 0. The number of benzene rings is 1. The molecule has 18 heavy (non-hydrogen) atoms. The molecule has 2 aliphatic rings. The summed E-state index contributed by atoms with van der Waals surface area (Å²) in [6, 6.07) is 6.20. The minimum absolute atomic E-state index is 0.155. The molecule has 0 aromatic heterocycles. The van der Waals surface area contributed by atoms with Crippen LogP contribution < -0.4 is 10.6 Å². The van der Waals surface area contributed by atoms with Gasteiger partial charge in [-0.1, -0.05) is 31.7 Å². The molecule has 0 saturated heterocycles. The number of carbonyl (C=O) groups is 1. The van der Waals surface area contributed by atoms with E-state index in [9.17, 15) is 4.79 Å². The summed E-state index contributed by atoms with van der Waals surface area (Å²) in [5.41, 5.74) is 2.81. The van der Waals surface area contributed by atoms with Gasteiger partial charge in [0.25, 0.3) is 0 Å². The van der Waals surface area contributed by atoms with Crippen LogP contribution >= 0.6 is 0 Å². The van der Waals surface area contributed by atoms with E-state index >= 15 is 0 Å². The lowest BCUT2D eigenvalue weighted by molar-refractivity contribution is -0.121. The Balaban J connectivity index is 1.95. The molecule has 2 N–H and O–H groups in total. The third-order valence-electron chi connectivity index (χ3n) is 4.19. The molecule has 1 aliphatic heterocycles. The second kappa shape index (κ2) is 4.30. The van der Waals surface area contributed by atoms with Crippen LogP contribution in [0.1, 0.15) is 44.1 Å². The van der Waals surface area contributed by atoms with Gasteiger partial charge < -0.3 is 10.6 Å². The van der Waals surface area contributed by atoms with Gasteiger partial charge in [0.2, 0.25) is 5.91 Å². The van der Waals surface area contributed by atoms with Crippen molar-refractivity contribution in [3.63, 3.8) is 0 Å². The average molecular weight is 244 g/mol. The van der Waals surface area contributed by atoms with Gasteiger partial charge in [-0.3, -0.25) is 4.79 Å². The van der Waals surface area contributed by atoms with E-state index in [1.54, 1.807) is 0 Å². The molecule has 3 nitrogen and oxygen atoms in total. The van der Waals surface area contributed by atoms with E-state index in [1.807, 2.05) is 13.0 Å². The lowest BCUT2D eigenvalue weighted by Gasteiger charge is -2.38. The van der Waals surface area contributed by atoms with Gasteiger partial charge in [-0.05, 0) is 37.5 Å². The normalized spacial score (nSPS) is 21.7. The van der Waals surface area contributed by atoms with Crippen molar-refractivity contribution in [2.24, 2.45) is 0 Å². The Morgan fingerprint density at radius 1 is 1.06 bits per heavy atom. The molecule has 0 radical (unpaired) electrons. The van der Waals surface area contributed by atoms with Gasteiger partial charge in [0, 0.05) is 0 Å². The van der Waals surface area contributed by atoms with E-state index < -0.39 is 0 Å². The molecule has 1 fully saturated rings. The first-order chi connectivity index (χ1) is 8.70. The third kappa shape index (κ3) is 1.88. The molecule has 3 heteroatoms. The van der Waals surface area contributed by atoms with Crippen LogP contribution in [0, 0.1) is 6.92 Å². The fourth-order valence-electron chi connectivity index (χ4n) is 3.11. The summed E-state index contributed by atoms with van der Waals surface area (Å²) >= 11 is 0. The number of aryl methyl sites for hydroxylation is 1. The number of hydrogen-bond acceptors (Lipinski definition) is 2. The summed E-state index contributed by atoms with van der Waals surface area (Å²) in [7, 11) is 0. The van der Waals surface area contributed by atoms with Gasteiger partial charge in [-0.25, -0.2) is 0 Å². The van der Waals surface area contributed by atoms with Crippen molar-refractivity contribution in [3.8, 4) is 0 Å². The molecule has 1 spiro atoms. The lowest BCUT2D eigenvalue weighted by atomic mass is 9.86. The molecule has 0 atom stereocenters. The van der Waals surface area contributed by atoms with Crippen molar-refractivity contribution >= 4 is 17.3 Å². The first-order valence-corrected chi connectivity index (χ1v) is 6.90. The molecular formula is C15H20N2O. The fraction of sp³-hybridized carbons (Fsp3) is 0.533. The van der Waals surface area contributed by atoms with Crippen molar-refractivity contribution in [2.45, 2.75) is 51.0 Å². The molecular weight excluding hydrogens is 224 g/mol. The highest BCUT2D eigenvalue weighted by Crippen LogP contribution is 2.38. The summed E-state index contributed by atoms with van der Waals surface area (Å²) in [4.78, 5) is 12.4. The number of nitrogens with one attached hydrogen (secondary N) is 2. The predicted molar refractivity (Wildman–Crippen MR) is 73.9 cm³/mol. The molecule has 3 rings (SSSR count). The molecule has 1 aromatic carbocycles. The number of hydrogen-bond donors (Lipinski definition) is 2. The highest BCUT2D eigenvalue weighted by atomic mass is 16.2. The van der Waals surface area contributed by atoms with Crippen LogP contribution in [-0.4, -0.2) is 11.4 Å². The minimum Gasteiger partial charge on any atom is -0.370 e. The average Bonchev–Trinajstić information content (AvgIpc) is 2.58. The smallest absolute Gasteiger partial charge is 0.250 e. The minimum atomic E-state index is -0.362. The first-order valence-electron chi connectivity index (χ1n) is 6.90. The Hall–Kier alpha value is -1.51. The molecule has 96 valence electrons. The van der Waals surface area contributed by atoms with Gasteiger partial charge in [0.05, 0.1) is 11.4 Å². The van der Waals surface area contributed by atoms with Gasteiger partial charge in [0.15, 0.2) is 0 Å². The number of fused-ring (bicyclic) bond motifs is 1. The Kier molecular flexibility index (Phi) is 2.77. The third-order valence-corrected chi connectivity index (χ3v) is 4.19. The maximum Gasteiger partial charge on any atom is 0.250 e. The summed E-state index contributed by atoms with van der Waals surface area (Å²) in [5, 5.41) is 6.60. The molecule has 1 aromatic rings. The summed E-state index contributed by atoms with van der Waals surface area (Å²) in [5.74, 6) is 0.155. The van der Waals surface area contributed by atoms with Crippen molar-refractivity contribution in [3.05, 3.63) is 23.8 Å². The molecule has 1 heterocycles. The zero-order valence-electron chi connectivity index (χ0n) is 10.9. The van der Waals surface area contributed by atoms with Gasteiger partial charge in [-0.15, -0.1) is 0 Å². The maximum atomic E-state index is 12.4. The molecule has 1 saturated carbocycles. The van der Waals surface area contributed by atoms with E-state index in [1.165, 1.54) is 18.4 Å². The maximum absolute atomic E-state index is 12.4. The zero-order valence-corrected chi connectivity index (χ0v) is 10.9. The standard InChI is InChI=1S/C15H20N2O/c1-11-6-7-12-13(10-11)16-14(18)15(17-12)8-4-2-3-5-9-15/h6-7,10,17H,2-5,8-9H2,1H3,(H,16,18). The van der Waals surface area contributed by atoms with Crippen LogP contribution in [0.5, 0.6) is 0 Å². The van der Waals surface area contributed by atoms with Gasteiger partial charge >= 0.3 is 0 Å². The number of anilines is 2. The highest BCUT2D eigenvalue weighted by molar-refractivity contribution is 6.06. The molecule has 0 unspecified atom stereocenters. The Labute approximate surface area is 108 Å². The fourth-order valence-corrected chi connectivity index (χ4v) is 3.11. The molecule has 1 aliphatic carbocycles. The van der Waals surface area contributed by atoms with E-state index in [4.69, 9.17) is 0 Å². The Morgan fingerprint density at radius 2 is 1.78 bits per heavy atom. The van der Waals surface area contributed by atoms with E-state index in [2.05, 4.69) is 22.8 Å². The number of amides is 1. The lowest BCUT2D eigenvalue weighted by Crippen LogP contribution is -2.52. The summed E-state index contributed by atoms with van der Waals surface area (Å²) < 4.78 is 0. The van der Waals surface area contributed by atoms with Crippen molar-refractivity contribution in [1.29, 1.82) is 0 Å². The topological polar surface area (TPSA) is 41.1 Å². The van der Waals surface area contributed by atoms with Crippen LogP contribution in [0.2, 0.25) is 0 Å². The SMILES string of the molecule is Cc1ccc2c(c1)NC(=O)C1(CCCCCC1)N2. The number of carbonyl (C=O) groups excluding carboxylic acids is 1. The summed E-state index contributed by atoms with van der Waals surface area (Å²) in [6.07, 6.45) is 6.68. The summed E-state index contributed by atoms with van der Waals surface area (Å²) in [6.45, 7) is 2.04. The van der Waals surface area contributed by atoms with Crippen molar-refractivity contribution in [1.82, 2.24) is 0 Å². The van der Waals surface area contributed by atoms with Gasteiger partial charge in [0.1, 0.15) is 5.54 Å². The quantitative estimate of drug-likeness (QED) is 0.734. The van der Waals surface area contributed by atoms with E-state index in [0.717, 1.165) is 37.1 Å². The molecule has 0 bridgehead atoms. The van der Waals surface area contributed by atoms with Crippen LogP contribution in [0.25, 0.3) is 0 Å². The second-order valence-corrected chi connectivity index (χ2v) is 5.62. The largest absolute Gasteiger partial charge is 0.370 e. The predicted octanol–water partition coefficient (Wildman–Crippen LogP) is 3.45. The van der Waals surface area contributed by atoms with Crippen molar-refractivity contribution < 1.29 is 4.79 Å². The van der Waals surface area contributed by atoms with E-state index in [-0.39, 0.29) is 11.4 Å². The van der Waals surface area contributed by atoms with Crippen LogP contribution in [0.4, 0.5) is 11.4 Å². The van der Waals surface area contributed by atoms with Crippen molar-refractivity contribution in [2.75, 3.05) is 10.6 Å². The van der Waals surface area contributed by atoms with E-state index in [0.29, 0.717) is 0 Å². The molecule has 1 amide bonds. The zero-order chi connectivity index (χ0) is 12.6. The highest BCUT2D eigenvalue weighted by Gasteiger charge is 2.41. The Bertz CT molecular complexity index is 473. The van der Waals surface area contributed by atoms with Crippen LogP contribution in [0.15, 0.2) is 18.2 Å². The first kappa shape index (κ1) is 11.6. The second-order valence-electron chi connectivity index (χ2n) is 5.62. The van der Waals surface area contributed by atoms with Gasteiger partial charge in [-0.2, -0.15) is 0 Å². The monoisotopic (exact) mass is 244 g/mol.